The van der Waals surface area contributed by atoms with Gasteiger partial charge in [-0.3, -0.25) is 36.9 Å². The van der Waals surface area contributed by atoms with Crippen LogP contribution in [0.4, 0.5) is 14.5 Å². The van der Waals surface area contributed by atoms with Crippen LogP contribution >= 0.6 is 27.2 Å². The van der Waals surface area contributed by atoms with Gasteiger partial charge in [-0.05, 0) is 125 Å². The van der Waals surface area contributed by atoms with Crippen molar-refractivity contribution in [3.63, 3.8) is 0 Å². The van der Waals surface area contributed by atoms with Crippen LogP contribution in [0.25, 0.3) is 11.6 Å². The number of allylic oxidation sites excluding steroid dienone is 1. The van der Waals surface area contributed by atoms with Gasteiger partial charge in [0.1, 0.15) is 11.7 Å². The van der Waals surface area contributed by atoms with Gasteiger partial charge in [-0.2, -0.15) is 0 Å². The van der Waals surface area contributed by atoms with Crippen molar-refractivity contribution in [2.75, 3.05) is 13.2 Å². The van der Waals surface area contributed by atoms with E-state index in [4.69, 9.17) is 38.7 Å². The van der Waals surface area contributed by atoms with E-state index >= 15 is 0 Å². The number of phosphoric acid groups is 2. The molecule has 0 aliphatic carbocycles. The Bertz CT molecular complexity index is 2210. The van der Waals surface area contributed by atoms with Gasteiger partial charge in [-0.25, -0.2) is 27.3 Å². The summed E-state index contributed by atoms with van der Waals surface area (Å²) in [6.45, 7) is 19.8. The van der Waals surface area contributed by atoms with E-state index in [0.29, 0.717) is 38.0 Å². The SMILES string of the molecule is Cc1c(Cl)ccc2c1N=CC2=Cc1[nH]c(=O)n(C(C(=O)NC(COP(=O)(OC(C)(C)C)OC(C)(C)C)COP(=O)(OC(C)(C)C)OC(C)(C)C)c2ccc(F)c(F)c2)c1O. The first-order chi connectivity index (χ1) is 27.3. The molecule has 0 radical (unpaired) electrons. The minimum absolute atomic E-state index is 0.148. The maximum Gasteiger partial charge on any atom is 0.475 e. The fourth-order valence-corrected chi connectivity index (χ4v) is 9.55. The number of aliphatic imine (C=N–C) groups is 1. The van der Waals surface area contributed by atoms with Crippen molar-refractivity contribution in [3.05, 3.63) is 79.9 Å². The number of halogens is 3. The number of aromatic nitrogens is 2. The maximum absolute atomic E-state index is 14.8. The Labute approximate surface area is 354 Å². The van der Waals surface area contributed by atoms with Crippen molar-refractivity contribution in [2.24, 2.45) is 4.99 Å². The van der Waals surface area contributed by atoms with E-state index in [0.717, 1.165) is 12.1 Å². The second kappa shape index (κ2) is 18.1. The van der Waals surface area contributed by atoms with E-state index in [9.17, 15) is 32.6 Å². The standard InChI is InChI=1S/C40H55ClF2N4O11P2/c1-23-28(41)16-15-27-25(20-44-32(23)27)19-31-35(49)47(36(50)46-31)33(24-14-17-29(42)30(43)18-24)34(48)45-26(21-53-59(51,55-37(2,3)4)56-38(5,6)7)22-54-60(52,57-39(8,9)10)58-40(11,12)13/h14-20,26,33,49H,21-22H2,1-13H3,(H,45,48)(H,46,50). The van der Waals surface area contributed by atoms with Crippen molar-refractivity contribution in [3.8, 4) is 5.88 Å². The molecule has 60 heavy (non-hydrogen) atoms. The highest BCUT2D eigenvalue weighted by molar-refractivity contribution is 7.48. The Morgan fingerprint density at radius 1 is 0.867 bits per heavy atom. The molecule has 4 rings (SSSR count). The molecule has 332 valence electrons. The molecule has 1 amide bonds. The molecule has 2 aromatic carbocycles. The molecule has 1 atom stereocenters. The summed E-state index contributed by atoms with van der Waals surface area (Å²) in [5, 5.41) is 14.7. The minimum Gasteiger partial charge on any atom is -0.493 e. The molecule has 0 saturated heterocycles. The van der Waals surface area contributed by atoms with Gasteiger partial charge in [-0.1, -0.05) is 23.7 Å². The number of carbonyl (C=O) groups excluding carboxylic acids is 1. The van der Waals surface area contributed by atoms with E-state index in [1.54, 1.807) is 102 Å². The van der Waals surface area contributed by atoms with Crippen LogP contribution < -0.4 is 11.0 Å². The average molecular weight is 903 g/mol. The highest BCUT2D eigenvalue weighted by atomic mass is 35.5. The van der Waals surface area contributed by atoms with Crippen LogP contribution in [-0.2, 0) is 41.1 Å². The Balaban J connectivity index is 1.82. The number of phosphoric ester groups is 2. The number of H-pyrrole nitrogens is 1. The predicted molar refractivity (Wildman–Crippen MR) is 226 cm³/mol. The highest BCUT2D eigenvalue weighted by Gasteiger charge is 2.41. The van der Waals surface area contributed by atoms with Gasteiger partial charge in [0, 0.05) is 22.4 Å². The van der Waals surface area contributed by atoms with Gasteiger partial charge in [0.15, 0.2) is 11.6 Å². The fraction of sp³-hybridized carbons (Fsp3) is 0.525. The number of nitrogens with one attached hydrogen (secondary N) is 2. The van der Waals surface area contributed by atoms with Crippen LogP contribution in [0, 0.1) is 18.6 Å². The van der Waals surface area contributed by atoms with E-state index in [1.807, 2.05) is 0 Å². The summed E-state index contributed by atoms with van der Waals surface area (Å²) in [7, 11) is -8.91. The molecule has 1 aromatic heterocycles. The molecule has 1 aliphatic rings. The first-order valence-corrected chi connectivity index (χ1v) is 22.2. The number of hydrogen-bond donors (Lipinski definition) is 3. The number of hydrogen-bond acceptors (Lipinski definition) is 12. The predicted octanol–water partition coefficient (Wildman–Crippen LogP) is 9.96. The minimum atomic E-state index is -4.45. The van der Waals surface area contributed by atoms with Gasteiger partial charge >= 0.3 is 21.3 Å². The molecule has 0 fully saturated rings. The number of rotatable bonds is 15. The third kappa shape index (κ3) is 13.5. The number of imidazole rings is 1. The maximum atomic E-state index is 14.8. The number of benzene rings is 2. The van der Waals surface area contributed by atoms with Crippen LogP contribution in [0.15, 0.2) is 40.1 Å². The highest BCUT2D eigenvalue weighted by Crippen LogP contribution is 2.57. The third-order valence-corrected chi connectivity index (χ3v) is 12.2. The largest absolute Gasteiger partial charge is 0.493 e. The molecule has 20 heteroatoms. The Morgan fingerprint density at radius 2 is 1.37 bits per heavy atom. The third-order valence-electron chi connectivity index (χ3n) is 7.76. The lowest BCUT2D eigenvalue weighted by Crippen LogP contribution is -2.46. The summed E-state index contributed by atoms with van der Waals surface area (Å²) < 4.78 is 92.5. The Hall–Kier alpha value is -3.50. The first-order valence-electron chi connectivity index (χ1n) is 18.9. The van der Waals surface area contributed by atoms with Gasteiger partial charge in [0.2, 0.25) is 11.8 Å². The van der Waals surface area contributed by atoms with Crippen molar-refractivity contribution < 1.29 is 55.0 Å². The smallest absolute Gasteiger partial charge is 0.475 e. The van der Waals surface area contributed by atoms with Crippen LogP contribution in [0.3, 0.4) is 0 Å². The lowest BCUT2D eigenvalue weighted by molar-refractivity contribution is -0.125. The summed E-state index contributed by atoms with van der Waals surface area (Å²) >= 11 is 6.27. The van der Waals surface area contributed by atoms with Gasteiger partial charge < -0.3 is 15.4 Å². The van der Waals surface area contributed by atoms with Crippen LogP contribution in [-0.4, -0.2) is 68.4 Å². The average Bonchev–Trinajstić information content (AvgIpc) is 3.58. The fourth-order valence-electron chi connectivity index (χ4n) is 5.71. The molecule has 0 bridgehead atoms. The Kier molecular flexibility index (Phi) is 14.8. The van der Waals surface area contributed by atoms with E-state index in [1.165, 1.54) is 12.3 Å². The normalized spacial score (nSPS) is 15.2. The number of carbonyl (C=O) groups is 1. The van der Waals surface area contributed by atoms with Crippen LogP contribution in [0.1, 0.15) is 112 Å². The second-order valence-electron chi connectivity index (χ2n) is 18.0. The molecule has 1 aliphatic heterocycles. The summed E-state index contributed by atoms with van der Waals surface area (Å²) in [6.07, 6.45) is 2.93. The molecular weight excluding hydrogens is 848 g/mol. The van der Waals surface area contributed by atoms with Crippen molar-refractivity contribution in [2.45, 2.75) is 124 Å². The summed E-state index contributed by atoms with van der Waals surface area (Å²) in [6, 6.07) is 2.57. The number of aromatic hydroxyl groups is 1. The van der Waals surface area contributed by atoms with E-state index < -0.39 is 92.5 Å². The van der Waals surface area contributed by atoms with E-state index in [-0.39, 0.29) is 11.3 Å². The zero-order valence-electron chi connectivity index (χ0n) is 36.1. The van der Waals surface area contributed by atoms with Crippen molar-refractivity contribution >= 4 is 56.7 Å². The first kappa shape index (κ1) is 49.2. The van der Waals surface area contributed by atoms with Crippen molar-refractivity contribution in [1.82, 2.24) is 14.9 Å². The zero-order valence-corrected chi connectivity index (χ0v) is 38.6. The molecule has 0 saturated carbocycles. The molecule has 3 N–H and O–H groups in total. The molecule has 2 heterocycles. The van der Waals surface area contributed by atoms with Crippen LogP contribution in [0.5, 0.6) is 5.88 Å². The summed E-state index contributed by atoms with van der Waals surface area (Å²) in [4.78, 5) is 35.2. The molecular formula is C40H55ClF2N4O11P2. The second-order valence-corrected chi connectivity index (χ2v) is 21.5. The number of fused-ring (bicyclic) bond motifs is 1. The molecule has 3 aromatic rings. The van der Waals surface area contributed by atoms with Crippen LogP contribution in [0.2, 0.25) is 5.02 Å². The quantitative estimate of drug-likeness (QED) is 0.123. The molecule has 15 nitrogen and oxygen atoms in total. The van der Waals surface area contributed by atoms with Gasteiger partial charge in [-0.15, -0.1) is 0 Å². The monoisotopic (exact) mass is 902 g/mol. The lowest BCUT2D eigenvalue weighted by atomic mass is 10.0. The van der Waals surface area contributed by atoms with Gasteiger partial charge in [0.25, 0.3) is 0 Å². The molecule has 1 unspecified atom stereocenters. The van der Waals surface area contributed by atoms with Gasteiger partial charge in [0.05, 0.1) is 47.3 Å². The lowest BCUT2D eigenvalue weighted by Gasteiger charge is -2.33. The number of aromatic amines is 1. The summed E-state index contributed by atoms with van der Waals surface area (Å²) in [5.41, 5.74) is -3.22. The topological polar surface area (TPSA) is 189 Å². The van der Waals surface area contributed by atoms with Crippen molar-refractivity contribution in [1.29, 1.82) is 0 Å². The number of amides is 1. The summed E-state index contributed by atoms with van der Waals surface area (Å²) in [5.74, 6) is -4.45. The molecule has 0 spiro atoms. The van der Waals surface area contributed by atoms with E-state index in [2.05, 4.69) is 15.3 Å². The number of nitrogens with zero attached hydrogens (tertiary/aromatic N) is 2. The Morgan fingerprint density at radius 3 is 1.83 bits per heavy atom. The zero-order chi connectivity index (χ0) is 45.4.